The standard InChI is InChI=1S/C24H29N3O2S/c1-16-7-13-20(14-8-16)30-17(2)23(28)27(6)15-21-25-26-22(29-21)18-9-11-19(12-10-18)24(3,4)5/h7-14,17H,15H2,1-6H3/t17-/m0/s1. The van der Waals surface area contributed by atoms with Gasteiger partial charge in [-0.25, -0.2) is 0 Å². The Morgan fingerprint density at radius 1 is 1.07 bits per heavy atom. The third-order valence-electron chi connectivity index (χ3n) is 4.89. The number of hydrogen-bond donors (Lipinski definition) is 0. The van der Waals surface area contributed by atoms with Crippen LogP contribution in [0.1, 0.15) is 44.7 Å². The van der Waals surface area contributed by atoms with E-state index < -0.39 is 0 Å². The molecule has 1 amide bonds. The molecule has 2 aromatic carbocycles. The maximum atomic E-state index is 12.7. The minimum Gasteiger partial charge on any atom is -0.419 e. The van der Waals surface area contributed by atoms with Gasteiger partial charge >= 0.3 is 0 Å². The molecule has 1 atom stereocenters. The summed E-state index contributed by atoms with van der Waals surface area (Å²) in [7, 11) is 1.76. The maximum Gasteiger partial charge on any atom is 0.247 e. The molecule has 1 aromatic heterocycles. The van der Waals surface area contributed by atoms with Crippen molar-refractivity contribution in [2.45, 2.75) is 56.7 Å². The third-order valence-corrected chi connectivity index (χ3v) is 5.99. The van der Waals surface area contributed by atoms with E-state index in [0.29, 0.717) is 11.8 Å². The maximum absolute atomic E-state index is 12.7. The Labute approximate surface area is 182 Å². The van der Waals surface area contributed by atoms with Gasteiger partial charge in [-0.15, -0.1) is 22.0 Å². The summed E-state index contributed by atoms with van der Waals surface area (Å²) < 4.78 is 5.80. The second kappa shape index (κ2) is 9.04. The van der Waals surface area contributed by atoms with Crippen LogP contribution in [-0.2, 0) is 16.8 Å². The highest BCUT2D eigenvalue weighted by Crippen LogP contribution is 2.27. The van der Waals surface area contributed by atoms with Crippen LogP contribution in [0.25, 0.3) is 11.5 Å². The lowest BCUT2D eigenvalue weighted by molar-refractivity contribution is -0.129. The predicted octanol–water partition coefficient (Wildman–Crippen LogP) is 5.48. The predicted molar refractivity (Wildman–Crippen MR) is 121 cm³/mol. The molecule has 0 saturated heterocycles. The lowest BCUT2D eigenvalue weighted by atomic mass is 9.87. The van der Waals surface area contributed by atoms with Crippen LogP contribution in [0.4, 0.5) is 0 Å². The Morgan fingerprint density at radius 3 is 2.30 bits per heavy atom. The number of thioether (sulfide) groups is 1. The molecular formula is C24H29N3O2S. The summed E-state index contributed by atoms with van der Waals surface area (Å²) in [6.07, 6.45) is 0. The van der Waals surface area contributed by atoms with E-state index in [1.165, 1.54) is 11.1 Å². The first-order valence-electron chi connectivity index (χ1n) is 10.0. The smallest absolute Gasteiger partial charge is 0.247 e. The highest BCUT2D eigenvalue weighted by atomic mass is 32.2. The quantitative estimate of drug-likeness (QED) is 0.491. The Bertz CT molecular complexity index is 989. The van der Waals surface area contributed by atoms with Crippen molar-refractivity contribution >= 4 is 17.7 Å². The van der Waals surface area contributed by atoms with Crippen molar-refractivity contribution in [1.82, 2.24) is 15.1 Å². The van der Waals surface area contributed by atoms with E-state index in [1.54, 1.807) is 23.7 Å². The number of carbonyl (C=O) groups excluding carboxylic acids is 1. The summed E-state index contributed by atoms with van der Waals surface area (Å²) in [5.41, 5.74) is 3.42. The van der Waals surface area contributed by atoms with Gasteiger partial charge in [0.2, 0.25) is 17.7 Å². The van der Waals surface area contributed by atoms with Crippen molar-refractivity contribution in [2.24, 2.45) is 0 Å². The van der Waals surface area contributed by atoms with Crippen molar-refractivity contribution in [1.29, 1.82) is 0 Å². The van der Waals surface area contributed by atoms with Crippen LogP contribution in [0, 0.1) is 6.92 Å². The first-order valence-corrected chi connectivity index (χ1v) is 10.9. The number of hydrogen-bond acceptors (Lipinski definition) is 5. The zero-order valence-electron chi connectivity index (χ0n) is 18.5. The van der Waals surface area contributed by atoms with Gasteiger partial charge in [-0.3, -0.25) is 4.79 Å². The lowest BCUT2D eigenvalue weighted by Gasteiger charge is -2.19. The molecule has 1 heterocycles. The normalized spacial score (nSPS) is 12.6. The summed E-state index contributed by atoms with van der Waals surface area (Å²) in [5, 5.41) is 8.07. The third kappa shape index (κ3) is 5.51. The molecule has 5 nitrogen and oxygen atoms in total. The number of amides is 1. The van der Waals surface area contributed by atoms with Crippen molar-refractivity contribution < 1.29 is 9.21 Å². The monoisotopic (exact) mass is 423 g/mol. The SMILES string of the molecule is Cc1ccc(S[C@@H](C)C(=O)N(C)Cc2nnc(-c3ccc(C(C)(C)C)cc3)o2)cc1. The van der Waals surface area contributed by atoms with E-state index in [9.17, 15) is 4.79 Å². The van der Waals surface area contributed by atoms with Gasteiger partial charge in [-0.05, 0) is 49.1 Å². The number of aromatic nitrogens is 2. The van der Waals surface area contributed by atoms with Crippen LogP contribution in [0.2, 0.25) is 0 Å². The van der Waals surface area contributed by atoms with Crippen LogP contribution in [-0.4, -0.2) is 33.3 Å². The van der Waals surface area contributed by atoms with E-state index in [1.807, 2.05) is 38.1 Å². The molecule has 3 aromatic rings. The molecule has 158 valence electrons. The van der Waals surface area contributed by atoms with Crippen molar-refractivity contribution in [3.8, 4) is 11.5 Å². The number of nitrogens with zero attached hydrogens (tertiary/aromatic N) is 3. The molecule has 0 N–H and O–H groups in total. The van der Waals surface area contributed by atoms with Crippen molar-refractivity contribution in [3.63, 3.8) is 0 Å². The molecule has 0 fully saturated rings. The number of benzene rings is 2. The number of rotatable bonds is 6. The summed E-state index contributed by atoms with van der Waals surface area (Å²) in [5.74, 6) is 0.913. The zero-order chi connectivity index (χ0) is 21.9. The molecule has 0 radical (unpaired) electrons. The van der Waals surface area contributed by atoms with Gasteiger partial charge in [-0.1, -0.05) is 50.6 Å². The van der Waals surface area contributed by atoms with Gasteiger partial charge in [0, 0.05) is 17.5 Å². The Balaban J connectivity index is 1.61. The number of carbonyl (C=O) groups is 1. The fourth-order valence-electron chi connectivity index (χ4n) is 3.01. The summed E-state index contributed by atoms with van der Waals surface area (Å²) in [6, 6.07) is 16.3. The summed E-state index contributed by atoms with van der Waals surface area (Å²) >= 11 is 1.55. The van der Waals surface area contributed by atoms with Gasteiger partial charge in [0.1, 0.15) is 0 Å². The molecule has 0 bridgehead atoms. The molecule has 3 rings (SSSR count). The molecule has 0 unspecified atom stereocenters. The van der Waals surface area contributed by atoms with Crippen LogP contribution >= 0.6 is 11.8 Å². The van der Waals surface area contributed by atoms with E-state index in [-0.39, 0.29) is 23.1 Å². The van der Waals surface area contributed by atoms with Gasteiger partial charge in [0.05, 0.1) is 11.8 Å². The Kier molecular flexibility index (Phi) is 6.66. The molecule has 6 heteroatoms. The fourth-order valence-corrected chi connectivity index (χ4v) is 3.99. The highest BCUT2D eigenvalue weighted by Gasteiger charge is 2.21. The topological polar surface area (TPSA) is 59.2 Å². The van der Waals surface area contributed by atoms with Crippen molar-refractivity contribution in [2.75, 3.05) is 7.05 Å². The van der Waals surface area contributed by atoms with Crippen LogP contribution in [0.15, 0.2) is 57.8 Å². The van der Waals surface area contributed by atoms with E-state index in [4.69, 9.17) is 4.42 Å². The van der Waals surface area contributed by atoms with Crippen LogP contribution < -0.4 is 0 Å². The Morgan fingerprint density at radius 2 is 1.70 bits per heavy atom. The Hall–Kier alpha value is -2.60. The van der Waals surface area contributed by atoms with Gasteiger partial charge < -0.3 is 9.32 Å². The molecule has 0 aliphatic heterocycles. The average molecular weight is 424 g/mol. The largest absolute Gasteiger partial charge is 0.419 e. The first-order chi connectivity index (χ1) is 14.1. The second-order valence-corrected chi connectivity index (χ2v) is 10.0. The highest BCUT2D eigenvalue weighted by molar-refractivity contribution is 8.00. The average Bonchev–Trinajstić information content (AvgIpc) is 3.17. The van der Waals surface area contributed by atoms with E-state index >= 15 is 0 Å². The molecule has 30 heavy (non-hydrogen) atoms. The van der Waals surface area contributed by atoms with Gasteiger partial charge in [-0.2, -0.15) is 0 Å². The van der Waals surface area contributed by atoms with Gasteiger partial charge in [0.25, 0.3) is 0 Å². The van der Waals surface area contributed by atoms with E-state index in [2.05, 4.69) is 55.2 Å². The molecule has 0 saturated carbocycles. The van der Waals surface area contributed by atoms with Gasteiger partial charge in [0.15, 0.2) is 0 Å². The summed E-state index contributed by atoms with van der Waals surface area (Å²) in [4.78, 5) is 15.5. The molecule has 0 spiro atoms. The first kappa shape index (κ1) is 22.1. The van der Waals surface area contributed by atoms with Crippen LogP contribution in [0.5, 0.6) is 0 Å². The molecule has 0 aliphatic carbocycles. The van der Waals surface area contributed by atoms with Crippen molar-refractivity contribution in [3.05, 3.63) is 65.5 Å². The minimum absolute atomic E-state index is 0.0230. The van der Waals surface area contributed by atoms with E-state index in [0.717, 1.165) is 10.5 Å². The lowest BCUT2D eigenvalue weighted by Crippen LogP contribution is -2.32. The molecule has 0 aliphatic rings. The minimum atomic E-state index is -0.204. The second-order valence-electron chi connectivity index (χ2n) is 8.60. The molecular weight excluding hydrogens is 394 g/mol. The zero-order valence-corrected chi connectivity index (χ0v) is 19.3. The number of aryl methyl sites for hydroxylation is 1. The summed E-state index contributed by atoms with van der Waals surface area (Å²) in [6.45, 7) is 10.8. The fraction of sp³-hybridized carbons (Fsp3) is 0.375. The van der Waals surface area contributed by atoms with Crippen LogP contribution in [0.3, 0.4) is 0 Å².